The Bertz CT molecular complexity index is 1400. The van der Waals surface area contributed by atoms with Gasteiger partial charge in [0.15, 0.2) is 5.65 Å². The Labute approximate surface area is 187 Å². The van der Waals surface area contributed by atoms with Gasteiger partial charge >= 0.3 is 0 Å². The Morgan fingerprint density at radius 3 is 2.76 bits per heavy atom. The Morgan fingerprint density at radius 1 is 1.21 bits per heavy atom. The lowest BCUT2D eigenvalue weighted by Gasteiger charge is -2.26. The Morgan fingerprint density at radius 2 is 2.06 bits per heavy atom. The maximum absolute atomic E-state index is 14.7. The van der Waals surface area contributed by atoms with E-state index in [4.69, 9.17) is 0 Å². The first kappa shape index (κ1) is 20.6. The molecule has 4 aromatic heterocycles. The van der Waals surface area contributed by atoms with Crippen LogP contribution in [-0.2, 0) is 0 Å². The molecule has 1 aliphatic carbocycles. The van der Waals surface area contributed by atoms with Gasteiger partial charge in [-0.15, -0.1) is 5.10 Å². The van der Waals surface area contributed by atoms with Crippen molar-refractivity contribution in [3.05, 3.63) is 70.7 Å². The zero-order chi connectivity index (χ0) is 22.9. The molecule has 1 saturated carbocycles. The molecule has 11 heteroatoms. The molecule has 1 amide bonds. The van der Waals surface area contributed by atoms with Gasteiger partial charge in [-0.3, -0.25) is 14.2 Å². The maximum Gasteiger partial charge on any atom is 0.279 e. The average Bonchev–Trinajstić information content (AvgIpc) is 3.13. The monoisotopic (exact) mass is 448 g/mol. The molecule has 0 bridgehead atoms. The van der Waals surface area contributed by atoms with Crippen molar-refractivity contribution in [3.63, 3.8) is 0 Å². The van der Waals surface area contributed by atoms with Crippen molar-refractivity contribution in [2.45, 2.75) is 25.3 Å². The number of carbonyl (C=O) groups is 1. The summed E-state index contributed by atoms with van der Waals surface area (Å²) in [7, 11) is 1.64. The number of nitrogens with zero attached hydrogens (tertiary/aromatic N) is 5. The first-order valence-electron chi connectivity index (χ1n) is 10.5. The number of nitrogens with one attached hydrogen (secondary N) is 3. The molecule has 0 radical (unpaired) electrons. The van der Waals surface area contributed by atoms with Gasteiger partial charge in [-0.1, -0.05) is 6.07 Å². The number of aromatic nitrogens is 5. The molecule has 3 N–H and O–H groups in total. The van der Waals surface area contributed by atoms with E-state index in [0.29, 0.717) is 11.6 Å². The van der Waals surface area contributed by atoms with Crippen LogP contribution in [0.2, 0.25) is 0 Å². The number of fused-ring (bicyclic) bond motifs is 1. The van der Waals surface area contributed by atoms with Crippen LogP contribution >= 0.6 is 0 Å². The number of hydrogen-bond donors (Lipinski definition) is 3. The highest BCUT2D eigenvalue weighted by Crippen LogP contribution is 2.24. The van der Waals surface area contributed by atoms with Crippen molar-refractivity contribution in [3.8, 4) is 5.82 Å². The van der Waals surface area contributed by atoms with Gasteiger partial charge in [0.1, 0.15) is 28.7 Å². The quantitative estimate of drug-likeness (QED) is 0.415. The summed E-state index contributed by atoms with van der Waals surface area (Å²) < 4.78 is 17.3. The lowest BCUT2D eigenvalue weighted by molar-refractivity contribution is 0.0914. The van der Waals surface area contributed by atoms with Crippen molar-refractivity contribution >= 4 is 28.9 Å². The van der Waals surface area contributed by atoms with Gasteiger partial charge in [0, 0.05) is 31.5 Å². The predicted molar refractivity (Wildman–Crippen MR) is 121 cm³/mol. The fourth-order valence-corrected chi connectivity index (χ4v) is 3.64. The van der Waals surface area contributed by atoms with Gasteiger partial charge in [-0.05, 0) is 43.5 Å². The highest BCUT2D eigenvalue weighted by Gasteiger charge is 2.27. The van der Waals surface area contributed by atoms with Gasteiger partial charge in [-0.25, -0.2) is 9.97 Å². The maximum atomic E-state index is 14.7. The van der Waals surface area contributed by atoms with Gasteiger partial charge in [0.05, 0.1) is 0 Å². The SMILES string of the molecule is CNc1cc(Nc2cccn(-c3ccccn3)c2=O)nc2c(C(=O)NC3CCC3)c(F)nn12. The molecule has 10 nitrogen and oxygen atoms in total. The summed E-state index contributed by atoms with van der Waals surface area (Å²) in [5, 5.41) is 12.6. The fourth-order valence-electron chi connectivity index (χ4n) is 3.64. The second-order valence-electron chi connectivity index (χ2n) is 7.69. The topological polar surface area (TPSA) is 118 Å². The number of anilines is 3. The van der Waals surface area contributed by atoms with E-state index in [1.165, 1.54) is 9.08 Å². The molecular formula is C22H21FN8O2. The van der Waals surface area contributed by atoms with Crippen molar-refractivity contribution in [1.29, 1.82) is 0 Å². The molecular weight excluding hydrogens is 427 g/mol. The number of halogens is 1. The number of rotatable bonds is 6. The molecule has 0 saturated heterocycles. The minimum Gasteiger partial charge on any atom is -0.373 e. The summed E-state index contributed by atoms with van der Waals surface area (Å²) >= 11 is 0. The second kappa shape index (κ2) is 8.34. The molecule has 4 heterocycles. The van der Waals surface area contributed by atoms with Gasteiger partial charge in [0.2, 0.25) is 5.95 Å². The normalized spacial score (nSPS) is 13.5. The van der Waals surface area contributed by atoms with Crippen molar-refractivity contribution in [2.24, 2.45) is 0 Å². The largest absolute Gasteiger partial charge is 0.373 e. The molecule has 1 fully saturated rings. The average molecular weight is 448 g/mol. The van der Waals surface area contributed by atoms with Gasteiger partial charge < -0.3 is 16.0 Å². The van der Waals surface area contributed by atoms with Crippen molar-refractivity contribution in [2.75, 3.05) is 17.7 Å². The van der Waals surface area contributed by atoms with Crippen LogP contribution in [0.1, 0.15) is 29.6 Å². The van der Waals surface area contributed by atoms with E-state index < -0.39 is 11.9 Å². The third kappa shape index (κ3) is 3.77. The third-order valence-electron chi connectivity index (χ3n) is 5.58. The molecule has 0 aromatic carbocycles. The summed E-state index contributed by atoms with van der Waals surface area (Å²) in [6.07, 6.45) is 5.98. The molecule has 4 aromatic rings. The molecule has 168 valence electrons. The van der Waals surface area contributed by atoms with E-state index in [2.05, 4.69) is 31.0 Å². The summed E-state index contributed by atoms with van der Waals surface area (Å²) in [6, 6.07) is 10.2. The fraction of sp³-hybridized carbons (Fsp3) is 0.227. The van der Waals surface area contributed by atoms with E-state index in [1.54, 1.807) is 55.8 Å². The summed E-state index contributed by atoms with van der Waals surface area (Å²) in [4.78, 5) is 34.3. The molecule has 0 spiro atoms. The number of pyridine rings is 2. The van der Waals surface area contributed by atoms with E-state index in [-0.39, 0.29) is 34.3 Å². The lowest BCUT2D eigenvalue weighted by Crippen LogP contribution is -2.39. The van der Waals surface area contributed by atoms with E-state index in [1.807, 2.05) is 0 Å². The molecule has 1 aliphatic rings. The third-order valence-corrected chi connectivity index (χ3v) is 5.58. The number of amides is 1. The molecule has 33 heavy (non-hydrogen) atoms. The highest BCUT2D eigenvalue weighted by atomic mass is 19.1. The van der Waals surface area contributed by atoms with Gasteiger partial charge in [-0.2, -0.15) is 8.91 Å². The zero-order valence-corrected chi connectivity index (χ0v) is 17.7. The molecule has 0 aliphatic heterocycles. The summed E-state index contributed by atoms with van der Waals surface area (Å²) in [6.45, 7) is 0. The first-order chi connectivity index (χ1) is 16.0. The summed E-state index contributed by atoms with van der Waals surface area (Å²) in [5.74, 6) is -0.356. The first-order valence-corrected chi connectivity index (χ1v) is 10.5. The van der Waals surface area contributed by atoms with Crippen molar-refractivity contribution < 1.29 is 9.18 Å². The van der Waals surface area contributed by atoms with Crippen LogP contribution in [-0.4, -0.2) is 43.1 Å². The Hall–Kier alpha value is -4.28. The Balaban J connectivity index is 1.55. The van der Waals surface area contributed by atoms with Crippen LogP contribution < -0.4 is 21.5 Å². The van der Waals surface area contributed by atoms with E-state index in [0.717, 1.165) is 19.3 Å². The van der Waals surface area contributed by atoms with Crippen LogP contribution in [0, 0.1) is 5.95 Å². The summed E-state index contributed by atoms with van der Waals surface area (Å²) in [5.41, 5.74) is -0.297. The van der Waals surface area contributed by atoms with Crippen LogP contribution in [0.4, 0.5) is 21.7 Å². The van der Waals surface area contributed by atoms with Crippen LogP contribution in [0.3, 0.4) is 0 Å². The smallest absolute Gasteiger partial charge is 0.279 e. The minimum absolute atomic E-state index is 0.0336. The van der Waals surface area contributed by atoms with Crippen molar-refractivity contribution in [1.82, 2.24) is 29.5 Å². The second-order valence-corrected chi connectivity index (χ2v) is 7.69. The van der Waals surface area contributed by atoms with E-state index in [9.17, 15) is 14.0 Å². The van der Waals surface area contributed by atoms with Crippen LogP contribution in [0.25, 0.3) is 11.5 Å². The molecule has 5 rings (SSSR count). The van der Waals surface area contributed by atoms with Crippen LogP contribution in [0.15, 0.2) is 53.6 Å². The zero-order valence-electron chi connectivity index (χ0n) is 17.7. The van der Waals surface area contributed by atoms with Gasteiger partial charge in [0.25, 0.3) is 11.5 Å². The van der Waals surface area contributed by atoms with E-state index >= 15 is 0 Å². The van der Waals surface area contributed by atoms with Crippen LogP contribution in [0.5, 0.6) is 0 Å². The number of hydrogen-bond acceptors (Lipinski definition) is 7. The lowest BCUT2D eigenvalue weighted by atomic mass is 9.93. The Kier molecular flexibility index (Phi) is 5.21. The number of carbonyl (C=O) groups excluding carboxylic acids is 1. The highest BCUT2D eigenvalue weighted by molar-refractivity contribution is 6.00. The standard InChI is InChI=1S/C22H21FN8O2/c1-24-17-12-15(27-14-8-5-11-30(22(14)33)16-9-2-3-10-25-16)28-20-18(19(23)29-31(17)20)21(32)26-13-6-4-7-13/h2-3,5,8-13,24H,4,6-7H2,1H3,(H,26,32)(H,27,28). The minimum atomic E-state index is -0.912. The predicted octanol–water partition coefficient (Wildman–Crippen LogP) is 2.48. The molecule has 0 atom stereocenters. The molecule has 0 unspecified atom stereocenters.